The van der Waals surface area contributed by atoms with E-state index in [9.17, 15) is 54.1 Å². The van der Waals surface area contributed by atoms with Crippen molar-refractivity contribution in [2.75, 3.05) is 18.2 Å². The minimum Gasteiger partial charge on any atom is -0.477 e. The highest BCUT2D eigenvalue weighted by atomic mass is 32.2. The summed E-state index contributed by atoms with van der Waals surface area (Å²) in [4.78, 5) is 21.1. The van der Waals surface area contributed by atoms with Gasteiger partial charge >= 0.3 is 23.0 Å². The standard InChI is InChI=1S/C18H13F7N2O6S2/c1-35(31,32)12-5-6-14(13(8-12)27(29)30)33-9-15(28)26-10-3-2-4-11(7-10)34-18(24,25)16(19,20)17(21,22)23/h2-8H,9H2,1H3,(H,26,28). The van der Waals surface area contributed by atoms with Gasteiger partial charge in [0.15, 0.2) is 22.2 Å². The van der Waals surface area contributed by atoms with E-state index in [1.165, 1.54) is 0 Å². The molecule has 0 aliphatic carbocycles. The molecule has 35 heavy (non-hydrogen) atoms. The summed E-state index contributed by atoms with van der Waals surface area (Å²) in [6.07, 6.45) is -5.69. The minimum absolute atomic E-state index is 0.281. The number of rotatable bonds is 9. The van der Waals surface area contributed by atoms with Gasteiger partial charge in [-0.15, -0.1) is 0 Å². The number of anilines is 1. The molecule has 8 nitrogen and oxygen atoms in total. The number of nitro benzene ring substituents is 1. The van der Waals surface area contributed by atoms with Crippen LogP contribution in [0, 0.1) is 10.1 Å². The molecule has 0 unspecified atom stereocenters. The third kappa shape index (κ3) is 6.74. The monoisotopic (exact) mass is 550 g/mol. The number of carbonyl (C=O) groups is 1. The Morgan fingerprint density at radius 3 is 2.26 bits per heavy atom. The summed E-state index contributed by atoms with van der Waals surface area (Å²) in [6.45, 7) is -0.890. The van der Waals surface area contributed by atoms with Crippen molar-refractivity contribution in [3.8, 4) is 5.75 Å². The van der Waals surface area contributed by atoms with Crippen molar-refractivity contribution in [3.63, 3.8) is 0 Å². The van der Waals surface area contributed by atoms with Gasteiger partial charge in [-0.05, 0) is 42.1 Å². The lowest BCUT2D eigenvalue weighted by molar-refractivity contribution is -0.386. The molecule has 2 aromatic rings. The number of benzene rings is 2. The summed E-state index contributed by atoms with van der Waals surface area (Å²) in [5, 5.41) is 7.70. The highest BCUT2D eigenvalue weighted by Crippen LogP contribution is 2.53. The number of carbonyl (C=O) groups excluding carboxylic acids is 1. The predicted molar refractivity (Wildman–Crippen MR) is 109 cm³/mol. The Morgan fingerprint density at radius 1 is 1.09 bits per heavy atom. The third-order valence-corrected chi connectivity index (χ3v) is 6.11. The molecular formula is C18H13F7N2O6S2. The highest BCUT2D eigenvalue weighted by Gasteiger charge is 2.73. The van der Waals surface area contributed by atoms with Gasteiger partial charge in [0, 0.05) is 22.9 Å². The minimum atomic E-state index is -6.51. The fraction of sp³-hybridized carbons (Fsp3) is 0.278. The van der Waals surface area contributed by atoms with Gasteiger partial charge < -0.3 is 10.1 Å². The van der Waals surface area contributed by atoms with Crippen LogP contribution in [0.15, 0.2) is 52.3 Å². The van der Waals surface area contributed by atoms with E-state index in [1.54, 1.807) is 0 Å². The van der Waals surface area contributed by atoms with Crippen molar-refractivity contribution in [1.29, 1.82) is 0 Å². The molecular weight excluding hydrogens is 537 g/mol. The van der Waals surface area contributed by atoms with E-state index < -0.39 is 72.7 Å². The Balaban J connectivity index is 2.12. The Morgan fingerprint density at radius 2 is 1.71 bits per heavy atom. The van der Waals surface area contributed by atoms with Crippen LogP contribution in [0.3, 0.4) is 0 Å². The molecule has 1 N–H and O–H groups in total. The van der Waals surface area contributed by atoms with Gasteiger partial charge in [-0.25, -0.2) is 8.42 Å². The fourth-order valence-electron chi connectivity index (χ4n) is 2.35. The third-order valence-electron chi connectivity index (χ3n) is 4.00. The van der Waals surface area contributed by atoms with Crippen LogP contribution in [0.5, 0.6) is 5.75 Å². The van der Waals surface area contributed by atoms with E-state index >= 15 is 0 Å². The summed E-state index contributed by atoms with van der Waals surface area (Å²) in [5.74, 6) is -7.82. The second-order valence-corrected chi connectivity index (χ2v) is 9.92. The van der Waals surface area contributed by atoms with Crippen molar-refractivity contribution in [2.24, 2.45) is 0 Å². The van der Waals surface area contributed by atoms with Gasteiger partial charge in [-0.2, -0.15) is 30.7 Å². The number of ether oxygens (including phenoxy) is 1. The van der Waals surface area contributed by atoms with Gasteiger partial charge in [0.25, 0.3) is 5.91 Å². The molecule has 192 valence electrons. The van der Waals surface area contributed by atoms with E-state index in [1.807, 2.05) is 0 Å². The SMILES string of the molecule is CS(=O)(=O)c1ccc(OCC(=O)Nc2cccc(SC(F)(F)C(F)(F)C(F)(F)F)c2)c([N+](=O)[O-])c1. The fourth-order valence-corrected chi connectivity index (χ4v) is 3.86. The zero-order chi connectivity index (χ0) is 26.8. The van der Waals surface area contributed by atoms with Crippen LogP contribution in [-0.4, -0.2) is 49.5 Å². The Hall–Kier alpha value is -3.08. The van der Waals surface area contributed by atoms with Crippen LogP contribution in [0.4, 0.5) is 42.1 Å². The molecule has 17 heteroatoms. The molecule has 0 spiro atoms. The van der Waals surface area contributed by atoms with Crippen LogP contribution in [-0.2, 0) is 14.6 Å². The molecule has 2 rings (SSSR count). The Labute approximate surface area is 196 Å². The molecule has 0 aliphatic heterocycles. The summed E-state index contributed by atoms with van der Waals surface area (Å²) in [6, 6.07) is 6.24. The maximum atomic E-state index is 13.6. The highest BCUT2D eigenvalue weighted by molar-refractivity contribution is 8.00. The first-order valence-corrected chi connectivity index (χ1v) is 11.6. The Bertz CT molecular complexity index is 1240. The number of alkyl halides is 7. The quantitative estimate of drug-likeness (QED) is 0.204. The molecule has 0 atom stereocenters. The summed E-state index contributed by atoms with van der Waals surface area (Å²) < 4.78 is 118. The molecule has 0 saturated heterocycles. The van der Waals surface area contributed by atoms with Crippen molar-refractivity contribution < 1.29 is 53.6 Å². The number of halogens is 7. The number of sulfone groups is 1. The lowest BCUT2D eigenvalue weighted by Gasteiger charge is -2.27. The number of hydrogen-bond donors (Lipinski definition) is 1. The second kappa shape index (κ2) is 9.88. The molecule has 0 aliphatic rings. The average molecular weight is 550 g/mol. The van der Waals surface area contributed by atoms with Crippen molar-refractivity contribution in [1.82, 2.24) is 0 Å². The summed E-state index contributed by atoms with van der Waals surface area (Å²) >= 11 is -1.07. The number of nitrogens with one attached hydrogen (secondary N) is 1. The van der Waals surface area contributed by atoms with E-state index in [4.69, 9.17) is 4.74 Å². The van der Waals surface area contributed by atoms with E-state index in [2.05, 4.69) is 5.32 Å². The van der Waals surface area contributed by atoms with Gasteiger partial charge in [0.05, 0.1) is 9.82 Å². The smallest absolute Gasteiger partial charge is 0.460 e. The van der Waals surface area contributed by atoms with Crippen LogP contribution in [0.1, 0.15) is 0 Å². The van der Waals surface area contributed by atoms with Crippen LogP contribution >= 0.6 is 11.8 Å². The predicted octanol–water partition coefficient (Wildman–Crippen LogP) is 4.90. The number of nitro groups is 1. The van der Waals surface area contributed by atoms with Crippen LogP contribution in [0.25, 0.3) is 0 Å². The van der Waals surface area contributed by atoms with Crippen molar-refractivity contribution in [2.45, 2.75) is 27.1 Å². The van der Waals surface area contributed by atoms with Gasteiger partial charge in [0.1, 0.15) is 0 Å². The first-order chi connectivity index (χ1) is 15.8. The molecule has 1 amide bonds. The number of thioether (sulfide) groups is 1. The van der Waals surface area contributed by atoms with E-state index in [0.717, 1.165) is 36.6 Å². The zero-order valence-corrected chi connectivity index (χ0v) is 18.7. The molecule has 0 saturated carbocycles. The lowest BCUT2D eigenvalue weighted by atomic mass is 10.3. The average Bonchev–Trinajstić information content (AvgIpc) is 2.70. The van der Waals surface area contributed by atoms with Crippen LogP contribution in [0.2, 0.25) is 0 Å². The Kier molecular flexibility index (Phi) is 7.95. The maximum Gasteiger partial charge on any atom is 0.460 e. The lowest BCUT2D eigenvalue weighted by Crippen LogP contribution is -2.49. The largest absolute Gasteiger partial charge is 0.477 e. The molecule has 0 aromatic heterocycles. The summed E-state index contributed by atoms with van der Waals surface area (Å²) in [5.41, 5.74) is -1.05. The van der Waals surface area contributed by atoms with Gasteiger partial charge in [-0.3, -0.25) is 14.9 Å². The molecule has 2 aromatic carbocycles. The van der Waals surface area contributed by atoms with Crippen molar-refractivity contribution in [3.05, 3.63) is 52.6 Å². The molecule has 0 fully saturated rings. The van der Waals surface area contributed by atoms with Crippen LogP contribution < -0.4 is 10.1 Å². The first kappa shape index (κ1) is 28.2. The topological polar surface area (TPSA) is 116 Å². The molecule has 0 heterocycles. The molecule has 0 radical (unpaired) electrons. The van der Waals surface area contributed by atoms with Gasteiger partial charge in [-0.1, -0.05) is 6.07 Å². The van der Waals surface area contributed by atoms with Crippen molar-refractivity contribution >= 4 is 38.9 Å². The zero-order valence-electron chi connectivity index (χ0n) is 17.1. The van der Waals surface area contributed by atoms with E-state index in [-0.39, 0.29) is 10.6 Å². The number of hydrogen-bond acceptors (Lipinski definition) is 7. The first-order valence-electron chi connectivity index (χ1n) is 8.88. The second-order valence-electron chi connectivity index (χ2n) is 6.71. The normalized spacial score (nSPS) is 12.8. The van der Waals surface area contributed by atoms with Gasteiger partial charge in [0.2, 0.25) is 0 Å². The number of amides is 1. The number of nitrogens with zero attached hydrogens (tertiary/aromatic N) is 1. The van der Waals surface area contributed by atoms with E-state index in [0.29, 0.717) is 12.1 Å². The molecule has 0 bridgehead atoms. The maximum absolute atomic E-state index is 13.6. The summed E-state index contributed by atoms with van der Waals surface area (Å²) in [7, 11) is -3.79.